The summed E-state index contributed by atoms with van der Waals surface area (Å²) < 4.78 is 0. The molecule has 0 aliphatic carbocycles. The van der Waals surface area contributed by atoms with E-state index in [9.17, 15) is 0 Å². The molecule has 3 rings (SSSR count). The SMILES string of the molecule is CNc1cc(NCC2CCSC2)nc(-c2ccccc2)n1. The first kappa shape index (κ1) is 14.2. The van der Waals surface area contributed by atoms with Gasteiger partial charge in [0.25, 0.3) is 0 Å². The zero-order chi connectivity index (χ0) is 14.5. The molecular formula is C16H20N4S. The van der Waals surface area contributed by atoms with Crippen LogP contribution in [0, 0.1) is 5.92 Å². The van der Waals surface area contributed by atoms with E-state index in [4.69, 9.17) is 0 Å². The molecule has 1 unspecified atom stereocenters. The fourth-order valence-corrected chi connectivity index (χ4v) is 3.66. The van der Waals surface area contributed by atoms with Crippen LogP contribution in [0.2, 0.25) is 0 Å². The molecule has 1 aliphatic heterocycles. The average molecular weight is 300 g/mol. The van der Waals surface area contributed by atoms with Crippen molar-refractivity contribution in [1.29, 1.82) is 0 Å². The molecular weight excluding hydrogens is 280 g/mol. The van der Waals surface area contributed by atoms with Crippen molar-refractivity contribution < 1.29 is 0 Å². The van der Waals surface area contributed by atoms with Crippen LogP contribution in [0.25, 0.3) is 11.4 Å². The van der Waals surface area contributed by atoms with Crippen molar-refractivity contribution in [3.63, 3.8) is 0 Å². The number of benzene rings is 1. The van der Waals surface area contributed by atoms with Gasteiger partial charge in [-0.2, -0.15) is 11.8 Å². The molecule has 1 fully saturated rings. The quantitative estimate of drug-likeness (QED) is 0.887. The molecule has 1 aromatic carbocycles. The van der Waals surface area contributed by atoms with Gasteiger partial charge < -0.3 is 10.6 Å². The lowest BCUT2D eigenvalue weighted by Crippen LogP contribution is -2.15. The molecule has 2 heterocycles. The van der Waals surface area contributed by atoms with Crippen molar-refractivity contribution in [2.24, 2.45) is 5.92 Å². The molecule has 110 valence electrons. The maximum absolute atomic E-state index is 4.64. The Morgan fingerprint density at radius 3 is 2.71 bits per heavy atom. The van der Waals surface area contributed by atoms with Crippen LogP contribution < -0.4 is 10.6 Å². The summed E-state index contributed by atoms with van der Waals surface area (Å²) in [6.45, 7) is 0.987. The first-order valence-corrected chi connectivity index (χ1v) is 8.44. The average Bonchev–Trinajstić information content (AvgIpc) is 3.07. The Morgan fingerprint density at radius 1 is 1.19 bits per heavy atom. The first-order chi connectivity index (χ1) is 10.3. The number of thioether (sulfide) groups is 1. The minimum atomic E-state index is 0.753. The van der Waals surface area contributed by atoms with E-state index in [0.29, 0.717) is 0 Å². The van der Waals surface area contributed by atoms with Crippen LogP contribution in [-0.2, 0) is 0 Å². The lowest BCUT2D eigenvalue weighted by Gasteiger charge is -2.12. The largest absolute Gasteiger partial charge is 0.373 e. The summed E-state index contributed by atoms with van der Waals surface area (Å²) in [5, 5.41) is 6.58. The topological polar surface area (TPSA) is 49.8 Å². The van der Waals surface area contributed by atoms with Gasteiger partial charge in [-0.15, -0.1) is 0 Å². The molecule has 0 amide bonds. The van der Waals surface area contributed by atoms with Crippen molar-refractivity contribution in [2.45, 2.75) is 6.42 Å². The highest BCUT2D eigenvalue weighted by Crippen LogP contribution is 2.24. The van der Waals surface area contributed by atoms with Crippen LogP contribution in [0.1, 0.15) is 6.42 Å². The van der Waals surface area contributed by atoms with Crippen LogP contribution in [0.15, 0.2) is 36.4 Å². The number of aromatic nitrogens is 2. The Kier molecular flexibility index (Phi) is 4.60. The molecule has 1 saturated heterocycles. The van der Waals surface area contributed by atoms with E-state index < -0.39 is 0 Å². The number of rotatable bonds is 5. The van der Waals surface area contributed by atoms with Crippen LogP contribution in [0.5, 0.6) is 0 Å². The number of hydrogen-bond donors (Lipinski definition) is 2. The lowest BCUT2D eigenvalue weighted by molar-refractivity contribution is 0.630. The van der Waals surface area contributed by atoms with Gasteiger partial charge in [0.15, 0.2) is 5.82 Å². The van der Waals surface area contributed by atoms with Crippen LogP contribution >= 0.6 is 11.8 Å². The normalized spacial score (nSPS) is 17.7. The number of nitrogens with one attached hydrogen (secondary N) is 2. The monoisotopic (exact) mass is 300 g/mol. The molecule has 0 bridgehead atoms. The van der Waals surface area contributed by atoms with Crippen molar-refractivity contribution in [3.8, 4) is 11.4 Å². The summed E-state index contributed by atoms with van der Waals surface area (Å²) in [5.41, 5.74) is 1.04. The summed E-state index contributed by atoms with van der Waals surface area (Å²) in [4.78, 5) is 9.18. The predicted molar refractivity (Wildman–Crippen MR) is 90.9 cm³/mol. The standard InChI is InChI=1S/C16H20N4S/c1-17-14-9-15(18-10-12-7-8-21-11-12)20-16(19-14)13-5-3-2-4-6-13/h2-6,9,12H,7-8,10-11H2,1H3,(H2,17,18,19,20). The molecule has 2 N–H and O–H groups in total. The molecule has 0 saturated carbocycles. The Bertz CT molecular complexity index is 582. The van der Waals surface area contributed by atoms with Crippen molar-refractivity contribution in [2.75, 3.05) is 35.7 Å². The molecule has 0 spiro atoms. The summed E-state index contributed by atoms with van der Waals surface area (Å²) in [7, 11) is 1.88. The first-order valence-electron chi connectivity index (χ1n) is 7.29. The lowest BCUT2D eigenvalue weighted by atomic mass is 10.1. The third kappa shape index (κ3) is 3.67. The highest BCUT2D eigenvalue weighted by Gasteiger charge is 2.15. The number of nitrogens with zero attached hydrogens (tertiary/aromatic N) is 2. The summed E-state index contributed by atoms with van der Waals surface area (Å²) in [6.07, 6.45) is 1.30. The Labute approximate surface area is 129 Å². The highest BCUT2D eigenvalue weighted by molar-refractivity contribution is 7.99. The van der Waals surface area contributed by atoms with Gasteiger partial charge in [0.2, 0.25) is 0 Å². The van der Waals surface area contributed by atoms with Crippen LogP contribution in [-0.4, -0.2) is 35.1 Å². The second kappa shape index (κ2) is 6.80. The molecule has 0 radical (unpaired) electrons. The molecule has 1 aromatic heterocycles. The van der Waals surface area contributed by atoms with E-state index in [-0.39, 0.29) is 0 Å². The van der Waals surface area contributed by atoms with Gasteiger partial charge in [-0.3, -0.25) is 0 Å². The van der Waals surface area contributed by atoms with Gasteiger partial charge in [-0.05, 0) is 23.8 Å². The van der Waals surface area contributed by atoms with Crippen molar-refractivity contribution >= 4 is 23.4 Å². The van der Waals surface area contributed by atoms with Gasteiger partial charge in [0, 0.05) is 25.2 Å². The van der Waals surface area contributed by atoms with E-state index in [1.807, 2.05) is 55.2 Å². The maximum Gasteiger partial charge on any atom is 0.163 e. The van der Waals surface area contributed by atoms with Crippen LogP contribution in [0.3, 0.4) is 0 Å². The second-order valence-corrected chi connectivity index (χ2v) is 6.34. The van der Waals surface area contributed by atoms with Gasteiger partial charge in [0.1, 0.15) is 11.6 Å². The molecule has 1 atom stereocenters. The van der Waals surface area contributed by atoms with Crippen LogP contribution in [0.4, 0.5) is 11.6 Å². The Hall–Kier alpha value is -1.75. The highest BCUT2D eigenvalue weighted by atomic mass is 32.2. The third-order valence-corrected chi connectivity index (χ3v) is 4.84. The molecule has 21 heavy (non-hydrogen) atoms. The van der Waals surface area contributed by atoms with Gasteiger partial charge >= 0.3 is 0 Å². The van der Waals surface area contributed by atoms with E-state index in [1.54, 1.807) is 0 Å². The fourth-order valence-electron chi connectivity index (χ4n) is 2.38. The number of hydrogen-bond acceptors (Lipinski definition) is 5. The van der Waals surface area contributed by atoms with E-state index in [2.05, 4.69) is 20.6 Å². The minimum Gasteiger partial charge on any atom is -0.373 e. The molecule has 5 heteroatoms. The summed E-state index contributed by atoms with van der Waals surface area (Å²) in [5.74, 6) is 5.78. The zero-order valence-electron chi connectivity index (χ0n) is 12.2. The smallest absolute Gasteiger partial charge is 0.163 e. The van der Waals surface area contributed by atoms with Crippen molar-refractivity contribution in [3.05, 3.63) is 36.4 Å². The maximum atomic E-state index is 4.64. The summed E-state index contributed by atoms with van der Waals surface area (Å²) in [6, 6.07) is 12.1. The minimum absolute atomic E-state index is 0.753. The number of anilines is 2. The van der Waals surface area contributed by atoms with Gasteiger partial charge in [0.05, 0.1) is 0 Å². The fraction of sp³-hybridized carbons (Fsp3) is 0.375. The zero-order valence-corrected chi connectivity index (χ0v) is 13.0. The van der Waals surface area contributed by atoms with Crippen molar-refractivity contribution in [1.82, 2.24) is 9.97 Å². The third-order valence-electron chi connectivity index (χ3n) is 3.61. The van der Waals surface area contributed by atoms with Gasteiger partial charge in [-0.25, -0.2) is 9.97 Å². The Balaban J connectivity index is 1.79. The Morgan fingerprint density at radius 2 is 2.00 bits per heavy atom. The van der Waals surface area contributed by atoms with E-state index in [0.717, 1.165) is 35.5 Å². The van der Waals surface area contributed by atoms with E-state index in [1.165, 1.54) is 17.9 Å². The predicted octanol–water partition coefficient (Wildman–Crippen LogP) is 3.35. The molecule has 1 aliphatic rings. The molecule has 4 nitrogen and oxygen atoms in total. The van der Waals surface area contributed by atoms with Gasteiger partial charge in [-0.1, -0.05) is 30.3 Å². The second-order valence-electron chi connectivity index (χ2n) is 5.19. The van der Waals surface area contributed by atoms with E-state index >= 15 is 0 Å². The molecule has 2 aromatic rings. The summed E-state index contributed by atoms with van der Waals surface area (Å²) >= 11 is 2.04.